The molecule has 114 valence electrons. The Morgan fingerprint density at radius 2 is 2.14 bits per heavy atom. The Kier molecular flexibility index (Phi) is 4.93. The van der Waals surface area contributed by atoms with Crippen molar-refractivity contribution in [3.8, 4) is 0 Å². The maximum Gasteiger partial charge on any atom is 0.248 e. The average Bonchev–Trinajstić information content (AvgIpc) is 2.46. The number of aliphatic hydroxyl groups is 1. The lowest BCUT2D eigenvalue weighted by molar-refractivity contribution is -0.153. The average molecular weight is 292 g/mol. The number of rotatable bonds is 4. The minimum Gasteiger partial charge on any atom is -0.386 e. The third-order valence-corrected chi connectivity index (χ3v) is 3.51. The van der Waals surface area contributed by atoms with Gasteiger partial charge in [-0.3, -0.25) is 9.59 Å². The summed E-state index contributed by atoms with van der Waals surface area (Å²) in [5.74, 6) is -0.255. The Morgan fingerprint density at radius 1 is 1.48 bits per heavy atom. The monoisotopic (exact) mass is 292 g/mol. The zero-order valence-corrected chi connectivity index (χ0v) is 12.2. The molecular weight excluding hydrogens is 272 g/mol. The molecular formula is C15H20N2O4. The van der Waals surface area contributed by atoms with Crippen molar-refractivity contribution in [2.24, 2.45) is 0 Å². The van der Waals surface area contributed by atoms with Crippen molar-refractivity contribution >= 4 is 17.5 Å². The number of nitrogens with one attached hydrogen (secondary N) is 1. The minimum absolute atomic E-state index is 0.0680. The molecule has 2 atom stereocenters. The van der Waals surface area contributed by atoms with Crippen LogP contribution in [0, 0.1) is 0 Å². The fourth-order valence-corrected chi connectivity index (χ4v) is 2.49. The van der Waals surface area contributed by atoms with Gasteiger partial charge < -0.3 is 20.1 Å². The van der Waals surface area contributed by atoms with Crippen LogP contribution in [0.1, 0.15) is 25.5 Å². The normalized spacial score (nSPS) is 20.2. The first-order valence-electron chi connectivity index (χ1n) is 6.95. The lowest BCUT2D eigenvalue weighted by atomic mass is 10.00. The molecule has 1 saturated heterocycles. The van der Waals surface area contributed by atoms with E-state index in [9.17, 15) is 14.7 Å². The van der Waals surface area contributed by atoms with E-state index in [0.29, 0.717) is 24.4 Å². The number of benzene rings is 1. The third kappa shape index (κ3) is 3.59. The summed E-state index contributed by atoms with van der Waals surface area (Å²) in [6.07, 6.45) is -0.819. The molecule has 2 rings (SSSR count). The van der Waals surface area contributed by atoms with Crippen molar-refractivity contribution in [1.29, 1.82) is 0 Å². The predicted molar refractivity (Wildman–Crippen MR) is 77.7 cm³/mol. The number of likely N-dealkylation sites (N-methyl/N-ethyl adjacent to an activating group) is 1. The second-order valence-corrected chi connectivity index (χ2v) is 5.01. The summed E-state index contributed by atoms with van der Waals surface area (Å²) in [6.45, 7) is 4.23. The van der Waals surface area contributed by atoms with Gasteiger partial charge in [-0.15, -0.1) is 0 Å². The predicted octanol–water partition coefficient (Wildman–Crippen LogP) is 0.926. The maximum atomic E-state index is 11.8. The van der Waals surface area contributed by atoms with E-state index in [4.69, 9.17) is 4.74 Å². The van der Waals surface area contributed by atoms with E-state index in [1.54, 1.807) is 29.2 Å². The first kappa shape index (κ1) is 15.5. The number of morpholine rings is 1. The van der Waals surface area contributed by atoms with E-state index in [2.05, 4.69) is 5.32 Å². The van der Waals surface area contributed by atoms with E-state index in [1.807, 2.05) is 6.92 Å². The van der Waals surface area contributed by atoms with E-state index in [1.165, 1.54) is 6.92 Å². The number of nitrogens with zero attached hydrogens (tertiary/aromatic N) is 1. The van der Waals surface area contributed by atoms with Crippen LogP contribution in [0.3, 0.4) is 0 Å². The van der Waals surface area contributed by atoms with Crippen LogP contribution >= 0.6 is 0 Å². The molecule has 0 spiro atoms. The summed E-state index contributed by atoms with van der Waals surface area (Å²) in [6, 6.07) is 6.54. The van der Waals surface area contributed by atoms with Crippen LogP contribution in [0.25, 0.3) is 0 Å². The summed E-state index contributed by atoms with van der Waals surface area (Å²) < 4.78 is 5.24. The van der Waals surface area contributed by atoms with Gasteiger partial charge in [-0.25, -0.2) is 0 Å². The Hall–Kier alpha value is -1.92. The molecule has 2 amide bonds. The molecule has 6 nitrogen and oxygen atoms in total. The smallest absolute Gasteiger partial charge is 0.248 e. The summed E-state index contributed by atoms with van der Waals surface area (Å²) >= 11 is 0. The van der Waals surface area contributed by atoms with Crippen LogP contribution in [-0.4, -0.2) is 47.6 Å². The first-order chi connectivity index (χ1) is 10.0. The highest BCUT2D eigenvalue weighted by atomic mass is 16.5. The van der Waals surface area contributed by atoms with E-state index in [-0.39, 0.29) is 24.5 Å². The van der Waals surface area contributed by atoms with E-state index in [0.717, 1.165) is 0 Å². The van der Waals surface area contributed by atoms with Gasteiger partial charge in [0.05, 0.1) is 12.6 Å². The number of carbonyl (C=O) groups excluding carboxylic acids is 2. The second kappa shape index (κ2) is 6.69. The fraction of sp³-hybridized carbons (Fsp3) is 0.467. The van der Waals surface area contributed by atoms with Crippen molar-refractivity contribution in [2.45, 2.75) is 26.0 Å². The van der Waals surface area contributed by atoms with Crippen molar-refractivity contribution in [3.05, 3.63) is 29.8 Å². The molecule has 2 unspecified atom stereocenters. The highest BCUT2D eigenvalue weighted by molar-refractivity contribution is 5.88. The molecule has 1 fully saturated rings. The number of ether oxygens (including phenoxy) is 1. The van der Waals surface area contributed by atoms with Gasteiger partial charge in [0.2, 0.25) is 11.8 Å². The topological polar surface area (TPSA) is 78.9 Å². The molecule has 1 aliphatic heterocycles. The third-order valence-electron chi connectivity index (χ3n) is 3.51. The molecule has 6 heteroatoms. The van der Waals surface area contributed by atoms with Crippen molar-refractivity contribution in [2.75, 3.05) is 25.1 Å². The summed E-state index contributed by atoms with van der Waals surface area (Å²) in [7, 11) is 0. The van der Waals surface area contributed by atoms with E-state index >= 15 is 0 Å². The molecule has 0 aromatic heterocycles. The highest BCUT2D eigenvalue weighted by Crippen LogP contribution is 2.25. The van der Waals surface area contributed by atoms with Gasteiger partial charge in [0.15, 0.2) is 0 Å². The quantitative estimate of drug-likeness (QED) is 0.865. The molecule has 1 aliphatic rings. The van der Waals surface area contributed by atoms with Gasteiger partial charge in [0.25, 0.3) is 0 Å². The van der Waals surface area contributed by atoms with E-state index < -0.39 is 6.10 Å². The van der Waals surface area contributed by atoms with Crippen molar-refractivity contribution in [1.82, 2.24) is 4.90 Å². The van der Waals surface area contributed by atoms with Crippen LogP contribution < -0.4 is 5.32 Å². The molecule has 1 heterocycles. The molecule has 2 N–H and O–H groups in total. The zero-order chi connectivity index (χ0) is 15.4. The first-order valence-corrected chi connectivity index (χ1v) is 6.95. The van der Waals surface area contributed by atoms with Gasteiger partial charge in [-0.1, -0.05) is 12.1 Å². The number of amides is 2. The zero-order valence-electron chi connectivity index (χ0n) is 12.2. The summed E-state index contributed by atoms with van der Waals surface area (Å²) in [5, 5.41) is 13.1. The van der Waals surface area contributed by atoms with Crippen molar-refractivity contribution < 1.29 is 19.4 Å². The van der Waals surface area contributed by atoms with Gasteiger partial charge >= 0.3 is 0 Å². The number of carbonyl (C=O) groups is 2. The van der Waals surface area contributed by atoms with Gasteiger partial charge in [0.1, 0.15) is 12.7 Å². The highest BCUT2D eigenvalue weighted by Gasteiger charge is 2.33. The van der Waals surface area contributed by atoms with Crippen LogP contribution in [0.4, 0.5) is 5.69 Å². The summed E-state index contributed by atoms with van der Waals surface area (Å²) in [5.41, 5.74) is 1.35. The largest absolute Gasteiger partial charge is 0.386 e. The van der Waals surface area contributed by atoms with Gasteiger partial charge in [0, 0.05) is 19.2 Å². The number of aliphatic hydroxyl groups excluding tert-OH is 1. The molecule has 1 aromatic carbocycles. The van der Waals surface area contributed by atoms with Crippen LogP contribution in [-0.2, 0) is 14.3 Å². The molecule has 1 aromatic rings. The SMILES string of the molecule is CCN1C(=O)COCC1C(O)c1ccc(NC(C)=O)cc1. The molecule has 21 heavy (non-hydrogen) atoms. The number of hydrogen-bond donors (Lipinski definition) is 2. The molecule has 0 saturated carbocycles. The van der Waals surface area contributed by atoms with Crippen LogP contribution in [0.2, 0.25) is 0 Å². The lowest BCUT2D eigenvalue weighted by Crippen LogP contribution is -2.51. The van der Waals surface area contributed by atoms with Crippen LogP contribution in [0.5, 0.6) is 0 Å². The van der Waals surface area contributed by atoms with Gasteiger partial charge in [-0.2, -0.15) is 0 Å². The Balaban J connectivity index is 2.12. The Labute approximate surface area is 123 Å². The standard InChI is InChI=1S/C15H20N2O4/c1-3-17-13(8-21-9-14(17)19)15(20)11-4-6-12(7-5-11)16-10(2)18/h4-7,13,15,20H,3,8-9H2,1-2H3,(H,16,18). The molecule has 0 aliphatic carbocycles. The molecule has 0 bridgehead atoms. The number of anilines is 1. The maximum absolute atomic E-state index is 11.8. The minimum atomic E-state index is -0.819. The van der Waals surface area contributed by atoms with Gasteiger partial charge in [-0.05, 0) is 24.6 Å². The number of hydrogen-bond acceptors (Lipinski definition) is 4. The second-order valence-electron chi connectivity index (χ2n) is 5.01. The lowest BCUT2D eigenvalue weighted by Gasteiger charge is -2.37. The Morgan fingerprint density at radius 3 is 2.71 bits per heavy atom. The summed E-state index contributed by atoms with van der Waals surface area (Å²) in [4.78, 5) is 24.4. The fourth-order valence-electron chi connectivity index (χ4n) is 2.49. The van der Waals surface area contributed by atoms with Crippen molar-refractivity contribution in [3.63, 3.8) is 0 Å². The molecule has 0 radical (unpaired) electrons. The van der Waals surface area contributed by atoms with Crippen LogP contribution in [0.15, 0.2) is 24.3 Å². The Bertz CT molecular complexity index is 515.